The summed E-state index contributed by atoms with van der Waals surface area (Å²) < 4.78 is 2.19. The van der Waals surface area contributed by atoms with Gasteiger partial charge in [-0.1, -0.05) is 22.0 Å². The second-order valence-corrected chi connectivity index (χ2v) is 6.25. The summed E-state index contributed by atoms with van der Waals surface area (Å²) in [5.74, 6) is 0. The molecule has 0 bridgehead atoms. The standard InChI is InChI=1S/C14H12Br2N2/c15-11-2-4-14(13(16)6-11)18-7-9-1-3-12(17)5-10(9)8-18/h1-6H,7-8,17H2. The van der Waals surface area contributed by atoms with Gasteiger partial charge in [-0.2, -0.15) is 0 Å². The van der Waals surface area contributed by atoms with Crippen molar-refractivity contribution < 1.29 is 0 Å². The molecular formula is C14H12Br2N2. The van der Waals surface area contributed by atoms with Gasteiger partial charge < -0.3 is 10.6 Å². The van der Waals surface area contributed by atoms with Gasteiger partial charge in [0.1, 0.15) is 0 Å². The molecule has 0 radical (unpaired) electrons. The Morgan fingerprint density at radius 2 is 1.72 bits per heavy atom. The van der Waals surface area contributed by atoms with Crippen LogP contribution < -0.4 is 10.6 Å². The van der Waals surface area contributed by atoms with Crippen molar-refractivity contribution in [2.45, 2.75) is 13.1 Å². The number of hydrogen-bond acceptors (Lipinski definition) is 2. The Morgan fingerprint density at radius 1 is 0.944 bits per heavy atom. The Labute approximate surface area is 123 Å². The number of fused-ring (bicyclic) bond motifs is 1. The molecule has 2 nitrogen and oxygen atoms in total. The summed E-state index contributed by atoms with van der Waals surface area (Å²) in [4.78, 5) is 2.35. The Morgan fingerprint density at radius 3 is 2.50 bits per heavy atom. The van der Waals surface area contributed by atoms with Gasteiger partial charge in [-0.15, -0.1) is 0 Å². The molecule has 0 saturated heterocycles. The molecule has 92 valence electrons. The van der Waals surface area contributed by atoms with E-state index in [-0.39, 0.29) is 0 Å². The number of benzene rings is 2. The first-order chi connectivity index (χ1) is 8.63. The average Bonchev–Trinajstić information content (AvgIpc) is 2.71. The van der Waals surface area contributed by atoms with Gasteiger partial charge in [0.15, 0.2) is 0 Å². The zero-order chi connectivity index (χ0) is 12.7. The molecule has 2 aromatic rings. The summed E-state index contributed by atoms with van der Waals surface area (Å²) in [6.45, 7) is 1.86. The van der Waals surface area contributed by atoms with E-state index in [2.05, 4.69) is 67.1 Å². The Bertz CT molecular complexity index is 611. The fourth-order valence-corrected chi connectivity index (χ4v) is 3.62. The highest BCUT2D eigenvalue weighted by Crippen LogP contribution is 2.35. The van der Waals surface area contributed by atoms with E-state index in [0.717, 1.165) is 27.7 Å². The van der Waals surface area contributed by atoms with Crippen molar-refractivity contribution in [3.63, 3.8) is 0 Å². The molecule has 2 N–H and O–H groups in total. The zero-order valence-electron chi connectivity index (χ0n) is 9.66. The zero-order valence-corrected chi connectivity index (χ0v) is 12.8. The van der Waals surface area contributed by atoms with Gasteiger partial charge in [-0.3, -0.25) is 0 Å². The lowest BCUT2D eigenvalue weighted by Crippen LogP contribution is -2.14. The highest BCUT2D eigenvalue weighted by Gasteiger charge is 2.20. The van der Waals surface area contributed by atoms with E-state index in [1.165, 1.54) is 16.8 Å². The second kappa shape index (κ2) is 4.59. The van der Waals surface area contributed by atoms with E-state index in [4.69, 9.17) is 5.73 Å². The molecule has 0 fully saturated rings. The van der Waals surface area contributed by atoms with Crippen molar-refractivity contribution >= 4 is 43.2 Å². The molecule has 0 aromatic heterocycles. The lowest BCUT2D eigenvalue weighted by atomic mass is 10.1. The maximum Gasteiger partial charge on any atom is 0.0517 e. The van der Waals surface area contributed by atoms with Crippen LogP contribution in [0.15, 0.2) is 45.3 Å². The molecule has 2 aromatic carbocycles. The molecule has 0 amide bonds. The third-order valence-corrected chi connectivity index (χ3v) is 4.33. The minimum Gasteiger partial charge on any atom is -0.399 e. The second-order valence-electron chi connectivity index (χ2n) is 4.48. The van der Waals surface area contributed by atoms with Gasteiger partial charge in [0.25, 0.3) is 0 Å². The molecule has 0 saturated carbocycles. The summed E-state index contributed by atoms with van der Waals surface area (Å²) in [6, 6.07) is 12.4. The molecule has 0 unspecified atom stereocenters. The minimum absolute atomic E-state index is 0.838. The molecule has 0 aliphatic carbocycles. The predicted octanol–water partition coefficient (Wildman–Crippen LogP) is 4.31. The van der Waals surface area contributed by atoms with Gasteiger partial charge in [-0.05, 0) is 57.4 Å². The number of hydrogen-bond donors (Lipinski definition) is 1. The molecule has 1 aliphatic heterocycles. The van der Waals surface area contributed by atoms with Gasteiger partial charge in [-0.25, -0.2) is 0 Å². The normalized spacial score (nSPS) is 13.8. The number of nitrogens with zero attached hydrogens (tertiary/aromatic N) is 1. The molecule has 4 heteroatoms. The van der Waals surface area contributed by atoms with Crippen LogP contribution in [0.25, 0.3) is 0 Å². The van der Waals surface area contributed by atoms with Crippen LogP contribution >= 0.6 is 31.9 Å². The van der Waals surface area contributed by atoms with Crippen molar-refractivity contribution in [3.05, 3.63) is 56.5 Å². The SMILES string of the molecule is Nc1ccc2c(c1)CN(c1ccc(Br)cc1Br)C2. The smallest absolute Gasteiger partial charge is 0.0517 e. The van der Waals surface area contributed by atoms with Crippen LogP contribution in [0, 0.1) is 0 Å². The molecule has 18 heavy (non-hydrogen) atoms. The van der Waals surface area contributed by atoms with Gasteiger partial charge in [0, 0.05) is 27.7 Å². The summed E-state index contributed by atoms with van der Waals surface area (Å²) in [5.41, 5.74) is 10.6. The Balaban J connectivity index is 1.93. The highest BCUT2D eigenvalue weighted by molar-refractivity contribution is 9.11. The first-order valence-electron chi connectivity index (χ1n) is 5.71. The molecule has 0 atom stereocenters. The van der Waals surface area contributed by atoms with Crippen LogP contribution in [-0.4, -0.2) is 0 Å². The molecule has 3 rings (SSSR count). The number of nitrogens with two attached hydrogens (primary N) is 1. The molecule has 1 heterocycles. The summed E-state index contributed by atoms with van der Waals surface area (Å²) in [6.07, 6.45) is 0. The summed E-state index contributed by atoms with van der Waals surface area (Å²) in [5, 5.41) is 0. The fourth-order valence-electron chi connectivity index (χ4n) is 2.32. The summed E-state index contributed by atoms with van der Waals surface area (Å²) >= 11 is 7.10. The molecule has 0 spiro atoms. The Kier molecular flexibility index (Phi) is 3.08. The van der Waals surface area contributed by atoms with Crippen LogP contribution in [0.3, 0.4) is 0 Å². The van der Waals surface area contributed by atoms with Gasteiger partial charge in [0.05, 0.1) is 5.69 Å². The third-order valence-electron chi connectivity index (χ3n) is 3.20. The van der Waals surface area contributed by atoms with E-state index in [9.17, 15) is 0 Å². The maximum atomic E-state index is 5.83. The van der Waals surface area contributed by atoms with E-state index in [1.807, 2.05) is 6.07 Å². The van der Waals surface area contributed by atoms with Crippen molar-refractivity contribution in [2.75, 3.05) is 10.6 Å². The van der Waals surface area contributed by atoms with E-state index in [0.29, 0.717) is 0 Å². The van der Waals surface area contributed by atoms with Crippen LogP contribution in [0.4, 0.5) is 11.4 Å². The lowest BCUT2D eigenvalue weighted by molar-refractivity contribution is 0.877. The minimum atomic E-state index is 0.838. The number of anilines is 2. The molecular weight excluding hydrogens is 356 g/mol. The van der Waals surface area contributed by atoms with Crippen LogP contribution in [0.2, 0.25) is 0 Å². The van der Waals surface area contributed by atoms with E-state index < -0.39 is 0 Å². The third kappa shape index (κ3) is 2.15. The fraction of sp³-hybridized carbons (Fsp3) is 0.143. The largest absolute Gasteiger partial charge is 0.399 e. The predicted molar refractivity (Wildman–Crippen MR) is 82.6 cm³/mol. The first-order valence-corrected chi connectivity index (χ1v) is 7.29. The molecule has 1 aliphatic rings. The number of halogens is 2. The highest BCUT2D eigenvalue weighted by atomic mass is 79.9. The van der Waals surface area contributed by atoms with Gasteiger partial charge >= 0.3 is 0 Å². The van der Waals surface area contributed by atoms with Crippen molar-refractivity contribution in [1.82, 2.24) is 0 Å². The van der Waals surface area contributed by atoms with Crippen molar-refractivity contribution in [3.8, 4) is 0 Å². The lowest BCUT2D eigenvalue weighted by Gasteiger charge is -2.19. The average molecular weight is 368 g/mol. The number of rotatable bonds is 1. The monoisotopic (exact) mass is 366 g/mol. The summed E-state index contributed by atoms with van der Waals surface area (Å²) in [7, 11) is 0. The quantitative estimate of drug-likeness (QED) is 0.760. The van der Waals surface area contributed by atoms with Gasteiger partial charge in [0.2, 0.25) is 0 Å². The van der Waals surface area contributed by atoms with E-state index in [1.54, 1.807) is 0 Å². The van der Waals surface area contributed by atoms with Crippen LogP contribution in [0.5, 0.6) is 0 Å². The van der Waals surface area contributed by atoms with Crippen molar-refractivity contribution in [2.24, 2.45) is 0 Å². The first kappa shape index (κ1) is 12.1. The Hall–Kier alpha value is -1.000. The van der Waals surface area contributed by atoms with Crippen molar-refractivity contribution in [1.29, 1.82) is 0 Å². The van der Waals surface area contributed by atoms with Crippen LogP contribution in [0.1, 0.15) is 11.1 Å². The van der Waals surface area contributed by atoms with E-state index >= 15 is 0 Å². The number of nitrogen functional groups attached to an aromatic ring is 1. The maximum absolute atomic E-state index is 5.83. The topological polar surface area (TPSA) is 29.3 Å². The van der Waals surface area contributed by atoms with Crippen LogP contribution in [-0.2, 0) is 13.1 Å².